The molecular weight excluding hydrogens is 385 g/mol. The molecule has 3 rings (SSSR count). The van der Waals surface area contributed by atoms with Crippen LogP contribution in [0.2, 0.25) is 5.02 Å². The van der Waals surface area contributed by atoms with E-state index in [4.69, 9.17) is 11.6 Å². The molecule has 2 saturated heterocycles. The molecule has 7 heteroatoms. The quantitative estimate of drug-likeness (QED) is 0.806. The Kier molecular flexibility index (Phi) is 8.39. The molecule has 27 heavy (non-hydrogen) atoms. The number of halogens is 2. The van der Waals surface area contributed by atoms with E-state index in [1.807, 2.05) is 41.0 Å². The van der Waals surface area contributed by atoms with Gasteiger partial charge in [-0.25, -0.2) is 0 Å². The van der Waals surface area contributed by atoms with Crippen LogP contribution in [-0.4, -0.2) is 60.4 Å². The Bertz CT molecular complexity index is 650. The first kappa shape index (κ1) is 22.0. The lowest BCUT2D eigenvalue weighted by Crippen LogP contribution is -2.55. The zero-order chi connectivity index (χ0) is 18.5. The van der Waals surface area contributed by atoms with E-state index in [0.29, 0.717) is 43.4 Å². The number of benzene rings is 1. The van der Waals surface area contributed by atoms with E-state index in [1.54, 1.807) is 0 Å². The maximum Gasteiger partial charge on any atom is 0.227 e. The lowest BCUT2D eigenvalue weighted by Gasteiger charge is -2.40. The molecule has 0 radical (unpaired) electrons. The second kappa shape index (κ2) is 10.3. The summed E-state index contributed by atoms with van der Waals surface area (Å²) in [7, 11) is 0. The lowest BCUT2D eigenvalue weighted by molar-refractivity contribution is -0.142. The van der Waals surface area contributed by atoms with Crippen LogP contribution in [0.5, 0.6) is 0 Å². The first-order valence-electron chi connectivity index (χ1n) is 9.55. The summed E-state index contributed by atoms with van der Waals surface area (Å²) in [6.07, 6.45) is 3.12. The van der Waals surface area contributed by atoms with Crippen molar-refractivity contribution in [3.05, 3.63) is 34.9 Å². The molecule has 0 spiro atoms. The molecule has 0 aliphatic carbocycles. The summed E-state index contributed by atoms with van der Waals surface area (Å²) in [6.45, 7) is 6.00. The van der Waals surface area contributed by atoms with Crippen molar-refractivity contribution >= 4 is 35.8 Å². The minimum atomic E-state index is 0. The molecule has 1 aromatic carbocycles. The van der Waals surface area contributed by atoms with Crippen LogP contribution in [0.3, 0.4) is 0 Å². The molecule has 2 aliphatic heterocycles. The first-order valence-corrected chi connectivity index (χ1v) is 9.93. The van der Waals surface area contributed by atoms with E-state index in [1.165, 1.54) is 6.42 Å². The van der Waals surface area contributed by atoms with Gasteiger partial charge in [0.2, 0.25) is 11.8 Å². The fourth-order valence-electron chi connectivity index (χ4n) is 3.92. The van der Waals surface area contributed by atoms with Crippen LogP contribution < -0.4 is 5.32 Å². The van der Waals surface area contributed by atoms with Gasteiger partial charge in [-0.2, -0.15) is 0 Å². The Hall–Kier alpha value is -1.30. The Morgan fingerprint density at radius 1 is 1.26 bits per heavy atom. The van der Waals surface area contributed by atoms with Gasteiger partial charge < -0.3 is 15.1 Å². The smallest absolute Gasteiger partial charge is 0.227 e. The van der Waals surface area contributed by atoms with Crippen LogP contribution in [0.25, 0.3) is 0 Å². The molecule has 2 amide bonds. The lowest BCUT2D eigenvalue weighted by atomic mass is 10.0. The highest BCUT2D eigenvalue weighted by atomic mass is 35.5. The predicted octanol–water partition coefficient (Wildman–Crippen LogP) is 2.75. The van der Waals surface area contributed by atoms with Crippen LogP contribution in [0.15, 0.2) is 24.3 Å². The number of piperazine rings is 1. The summed E-state index contributed by atoms with van der Waals surface area (Å²) >= 11 is 6.00. The van der Waals surface area contributed by atoms with E-state index >= 15 is 0 Å². The number of hydrogen-bond donors (Lipinski definition) is 1. The van der Waals surface area contributed by atoms with Crippen molar-refractivity contribution in [2.45, 2.75) is 38.6 Å². The Labute approximate surface area is 172 Å². The van der Waals surface area contributed by atoms with Crippen molar-refractivity contribution in [2.24, 2.45) is 5.92 Å². The van der Waals surface area contributed by atoms with Gasteiger partial charge in [0.05, 0.1) is 6.42 Å². The van der Waals surface area contributed by atoms with Crippen molar-refractivity contribution in [3.8, 4) is 0 Å². The summed E-state index contributed by atoms with van der Waals surface area (Å²) in [4.78, 5) is 29.0. The topological polar surface area (TPSA) is 52.7 Å². The van der Waals surface area contributed by atoms with Crippen LogP contribution in [0.1, 0.15) is 31.7 Å². The zero-order valence-electron chi connectivity index (χ0n) is 15.8. The molecule has 2 aliphatic rings. The predicted molar refractivity (Wildman–Crippen MR) is 110 cm³/mol. The highest BCUT2D eigenvalue weighted by Gasteiger charge is 2.29. The molecule has 0 bridgehead atoms. The summed E-state index contributed by atoms with van der Waals surface area (Å²) < 4.78 is 0. The molecule has 0 saturated carbocycles. The molecule has 1 N–H and O–H groups in total. The molecule has 2 unspecified atom stereocenters. The molecule has 2 atom stereocenters. The van der Waals surface area contributed by atoms with Gasteiger partial charge in [0, 0.05) is 37.1 Å². The first-order chi connectivity index (χ1) is 12.5. The molecule has 5 nitrogen and oxygen atoms in total. The number of nitrogens with one attached hydrogen (secondary N) is 1. The summed E-state index contributed by atoms with van der Waals surface area (Å²) in [5.41, 5.74) is 0.929. The summed E-state index contributed by atoms with van der Waals surface area (Å²) in [6, 6.07) is 7.48. The SMILES string of the molecule is CC1CN(C(=O)CCC2CCNC2)CCN1C(=O)Cc1cccc(Cl)c1.Cl. The van der Waals surface area contributed by atoms with Gasteiger partial charge in [0.15, 0.2) is 0 Å². The van der Waals surface area contributed by atoms with Gasteiger partial charge in [-0.05, 0) is 56.5 Å². The number of nitrogens with zero attached hydrogens (tertiary/aromatic N) is 2. The maximum absolute atomic E-state index is 12.6. The Morgan fingerprint density at radius 2 is 2.07 bits per heavy atom. The van der Waals surface area contributed by atoms with Gasteiger partial charge >= 0.3 is 0 Å². The highest BCUT2D eigenvalue weighted by Crippen LogP contribution is 2.18. The van der Waals surface area contributed by atoms with Gasteiger partial charge in [-0.15, -0.1) is 12.4 Å². The molecule has 150 valence electrons. The normalized spacial score (nSPS) is 22.4. The Balaban J connectivity index is 0.00000261. The minimum Gasteiger partial charge on any atom is -0.339 e. The van der Waals surface area contributed by atoms with Gasteiger partial charge in [0.25, 0.3) is 0 Å². The second-order valence-electron chi connectivity index (χ2n) is 7.48. The Morgan fingerprint density at radius 3 is 2.74 bits per heavy atom. The van der Waals surface area contributed by atoms with Gasteiger partial charge in [-0.1, -0.05) is 23.7 Å². The maximum atomic E-state index is 12.6. The van der Waals surface area contributed by atoms with Crippen LogP contribution in [-0.2, 0) is 16.0 Å². The minimum absolute atomic E-state index is 0. The van der Waals surface area contributed by atoms with Crippen molar-refractivity contribution in [1.29, 1.82) is 0 Å². The largest absolute Gasteiger partial charge is 0.339 e. The number of hydrogen-bond acceptors (Lipinski definition) is 3. The number of carbonyl (C=O) groups is 2. The monoisotopic (exact) mass is 413 g/mol. The van der Waals surface area contributed by atoms with E-state index in [9.17, 15) is 9.59 Å². The second-order valence-corrected chi connectivity index (χ2v) is 7.92. The van der Waals surface area contributed by atoms with Gasteiger partial charge in [0.1, 0.15) is 0 Å². The fourth-order valence-corrected chi connectivity index (χ4v) is 4.14. The third kappa shape index (κ3) is 6.09. The average Bonchev–Trinajstić information content (AvgIpc) is 3.13. The van der Waals surface area contributed by atoms with Gasteiger partial charge in [-0.3, -0.25) is 9.59 Å². The third-order valence-corrected chi connectivity index (χ3v) is 5.71. The zero-order valence-corrected chi connectivity index (χ0v) is 17.4. The van der Waals surface area contributed by atoms with Crippen molar-refractivity contribution in [2.75, 3.05) is 32.7 Å². The summed E-state index contributed by atoms with van der Waals surface area (Å²) in [5, 5.41) is 4.00. The van der Waals surface area contributed by atoms with Crippen LogP contribution in [0.4, 0.5) is 0 Å². The molecule has 1 aromatic rings. The highest BCUT2D eigenvalue weighted by molar-refractivity contribution is 6.30. The fraction of sp³-hybridized carbons (Fsp3) is 0.600. The molecule has 0 aromatic heterocycles. The number of carbonyl (C=O) groups excluding carboxylic acids is 2. The third-order valence-electron chi connectivity index (χ3n) is 5.47. The van der Waals surface area contributed by atoms with Crippen LogP contribution >= 0.6 is 24.0 Å². The molecule has 2 heterocycles. The molecule has 2 fully saturated rings. The van der Waals surface area contributed by atoms with Crippen molar-refractivity contribution in [1.82, 2.24) is 15.1 Å². The molecular formula is C20H29Cl2N3O2. The van der Waals surface area contributed by atoms with E-state index < -0.39 is 0 Å². The van der Waals surface area contributed by atoms with E-state index in [0.717, 1.165) is 25.1 Å². The number of rotatable bonds is 5. The van der Waals surface area contributed by atoms with Crippen molar-refractivity contribution in [3.63, 3.8) is 0 Å². The summed E-state index contributed by atoms with van der Waals surface area (Å²) in [5.74, 6) is 0.964. The average molecular weight is 414 g/mol. The number of amides is 2. The van der Waals surface area contributed by atoms with Crippen molar-refractivity contribution < 1.29 is 9.59 Å². The van der Waals surface area contributed by atoms with E-state index in [-0.39, 0.29) is 30.3 Å². The van der Waals surface area contributed by atoms with Crippen LogP contribution in [0, 0.1) is 5.92 Å². The standard InChI is InChI=1S/C20H28ClN3O2.ClH/c1-15-14-23(19(25)6-5-16-7-8-22-13-16)9-10-24(15)20(26)12-17-3-2-4-18(21)11-17;/h2-4,11,15-16,22H,5-10,12-14H2,1H3;1H. The van der Waals surface area contributed by atoms with E-state index in [2.05, 4.69) is 5.32 Å².